The maximum Gasteiger partial charge on any atom is 0.0797 e. The zero-order valence-corrected chi connectivity index (χ0v) is 14.0. The SMILES string of the molecule is C[N+](C)([O-])CCCN1c2ccccc2CCc2ccccc21.O. The molecule has 0 amide bonds. The summed E-state index contributed by atoms with van der Waals surface area (Å²) in [6, 6.07) is 17.3. The predicted octanol–water partition coefficient (Wildman–Crippen LogP) is 3.06. The second-order valence-corrected chi connectivity index (χ2v) is 6.56. The van der Waals surface area contributed by atoms with Gasteiger partial charge in [-0.25, -0.2) is 0 Å². The van der Waals surface area contributed by atoms with E-state index in [2.05, 4.69) is 53.4 Å². The van der Waals surface area contributed by atoms with Crippen LogP contribution in [0.5, 0.6) is 0 Å². The maximum atomic E-state index is 11.8. The molecule has 0 bridgehead atoms. The molecule has 0 saturated heterocycles. The number of fused-ring (bicyclic) bond motifs is 2. The van der Waals surface area contributed by atoms with Gasteiger partial charge in [-0.05, 0) is 36.1 Å². The van der Waals surface area contributed by atoms with Crippen molar-refractivity contribution in [3.8, 4) is 0 Å². The minimum atomic E-state index is -0.225. The molecule has 2 aromatic rings. The van der Waals surface area contributed by atoms with Crippen LogP contribution in [0.25, 0.3) is 0 Å². The summed E-state index contributed by atoms with van der Waals surface area (Å²) in [4.78, 5) is 2.40. The van der Waals surface area contributed by atoms with Crippen LogP contribution in [0.15, 0.2) is 48.5 Å². The molecular formula is C19H26N2O2. The van der Waals surface area contributed by atoms with Crippen molar-refractivity contribution in [2.24, 2.45) is 0 Å². The van der Waals surface area contributed by atoms with Crippen LogP contribution in [0.1, 0.15) is 17.5 Å². The summed E-state index contributed by atoms with van der Waals surface area (Å²) in [6.07, 6.45) is 3.04. The third-order valence-electron chi connectivity index (χ3n) is 4.31. The van der Waals surface area contributed by atoms with E-state index in [4.69, 9.17) is 0 Å². The Bertz CT molecular complexity index is 602. The highest BCUT2D eigenvalue weighted by Crippen LogP contribution is 2.35. The lowest BCUT2D eigenvalue weighted by molar-refractivity contribution is -0.840. The molecule has 124 valence electrons. The standard InChI is InChI=1S/C19H24N2O.H2O/c1-21(2,22)15-7-14-20-18-10-5-3-8-16(18)12-13-17-9-4-6-11-19(17)20;/h3-6,8-11H,7,12-15H2,1-2H3;1H2. The van der Waals surface area contributed by atoms with E-state index < -0.39 is 0 Å². The number of quaternary nitrogens is 1. The summed E-state index contributed by atoms with van der Waals surface area (Å²) < 4.78 is -0.225. The molecule has 0 aromatic heterocycles. The molecule has 3 rings (SSSR count). The highest BCUT2D eigenvalue weighted by molar-refractivity contribution is 5.71. The largest absolute Gasteiger partial charge is 0.633 e. The average Bonchev–Trinajstić information content (AvgIpc) is 2.64. The van der Waals surface area contributed by atoms with Crippen molar-refractivity contribution in [1.29, 1.82) is 0 Å². The second-order valence-electron chi connectivity index (χ2n) is 6.56. The Morgan fingerprint density at radius 3 is 1.87 bits per heavy atom. The monoisotopic (exact) mass is 314 g/mol. The zero-order chi connectivity index (χ0) is 15.6. The van der Waals surface area contributed by atoms with Crippen LogP contribution in [0.3, 0.4) is 0 Å². The van der Waals surface area contributed by atoms with Gasteiger partial charge in [0.2, 0.25) is 0 Å². The molecule has 2 aromatic carbocycles. The van der Waals surface area contributed by atoms with Crippen molar-refractivity contribution >= 4 is 11.4 Å². The van der Waals surface area contributed by atoms with E-state index in [1.165, 1.54) is 22.5 Å². The van der Waals surface area contributed by atoms with Crippen LogP contribution in [-0.2, 0) is 12.8 Å². The van der Waals surface area contributed by atoms with E-state index in [0.717, 1.165) is 25.8 Å². The Morgan fingerprint density at radius 2 is 1.39 bits per heavy atom. The van der Waals surface area contributed by atoms with Crippen molar-refractivity contribution in [3.63, 3.8) is 0 Å². The van der Waals surface area contributed by atoms with Crippen LogP contribution in [0.2, 0.25) is 0 Å². The van der Waals surface area contributed by atoms with Crippen molar-refractivity contribution in [1.82, 2.24) is 0 Å². The maximum absolute atomic E-state index is 11.8. The number of benzene rings is 2. The minimum absolute atomic E-state index is 0. The molecule has 0 saturated carbocycles. The minimum Gasteiger partial charge on any atom is -0.633 e. The lowest BCUT2D eigenvalue weighted by Crippen LogP contribution is -2.35. The van der Waals surface area contributed by atoms with Crippen LogP contribution in [-0.4, -0.2) is 37.3 Å². The molecule has 1 aliphatic heterocycles. The van der Waals surface area contributed by atoms with Crippen molar-refractivity contribution in [2.45, 2.75) is 19.3 Å². The molecule has 0 radical (unpaired) electrons. The first-order valence-corrected chi connectivity index (χ1v) is 8.02. The molecule has 1 aliphatic rings. The Balaban J connectivity index is 0.00000192. The fourth-order valence-corrected chi connectivity index (χ4v) is 3.22. The first-order valence-electron chi connectivity index (χ1n) is 8.02. The van der Waals surface area contributed by atoms with Gasteiger partial charge in [0.25, 0.3) is 0 Å². The summed E-state index contributed by atoms with van der Waals surface area (Å²) >= 11 is 0. The van der Waals surface area contributed by atoms with E-state index in [-0.39, 0.29) is 10.1 Å². The molecule has 0 aliphatic carbocycles. The van der Waals surface area contributed by atoms with E-state index >= 15 is 0 Å². The number of anilines is 2. The summed E-state index contributed by atoms with van der Waals surface area (Å²) in [7, 11) is 3.43. The summed E-state index contributed by atoms with van der Waals surface area (Å²) in [5.41, 5.74) is 5.39. The number of hydrogen-bond donors (Lipinski definition) is 0. The average molecular weight is 314 g/mol. The lowest BCUT2D eigenvalue weighted by Gasteiger charge is -2.35. The molecule has 23 heavy (non-hydrogen) atoms. The molecule has 4 nitrogen and oxygen atoms in total. The van der Waals surface area contributed by atoms with Gasteiger partial charge in [-0.2, -0.15) is 0 Å². The van der Waals surface area contributed by atoms with E-state index in [0.29, 0.717) is 6.54 Å². The smallest absolute Gasteiger partial charge is 0.0797 e. The van der Waals surface area contributed by atoms with Crippen LogP contribution in [0, 0.1) is 5.21 Å². The molecule has 0 unspecified atom stereocenters. The van der Waals surface area contributed by atoms with Gasteiger partial charge in [0, 0.05) is 24.3 Å². The third-order valence-corrected chi connectivity index (χ3v) is 4.31. The molecule has 0 atom stereocenters. The predicted molar refractivity (Wildman–Crippen MR) is 95.9 cm³/mol. The number of hydrogen-bond acceptors (Lipinski definition) is 2. The number of rotatable bonds is 4. The Kier molecular flexibility index (Phi) is 5.42. The van der Waals surface area contributed by atoms with Gasteiger partial charge in [0.05, 0.1) is 20.6 Å². The van der Waals surface area contributed by atoms with E-state index in [1.54, 1.807) is 14.1 Å². The molecule has 2 N–H and O–H groups in total. The molecule has 0 spiro atoms. The number of aryl methyl sites for hydroxylation is 2. The summed E-state index contributed by atoms with van der Waals surface area (Å²) in [5, 5.41) is 11.8. The fourth-order valence-electron chi connectivity index (χ4n) is 3.22. The normalized spacial score (nSPS) is 13.6. The lowest BCUT2D eigenvalue weighted by atomic mass is 10.0. The Labute approximate surface area is 138 Å². The van der Waals surface area contributed by atoms with Crippen LogP contribution >= 0.6 is 0 Å². The van der Waals surface area contributed by atoms with Gasteiger partial charge >= 0.3 is 0 Å². The number of hydroxylamine groups is 3. The van der Waals surface area contributed by atoms with E-state index in [1.807, 2.05) is 0 Å². The third kappa shape index (κ3) is 4.10. The molecule has 0 fully saturated rings. The molecular weight excluding hydrogens is 288 g/mol. The Morgan fingerprint density at radius 1 is 0.913 bits per heavy atom. The summed E-state index contributed by atoms with van der Waals surface area (Å²) in [5.74, 6) is 0. The highest BCUT2D eigenvalue weighted by Gasteiger charge is 2.20. The highest BCUT2D eigenvalue weighted by atomic mass is 16.5. The van der Waals surface area contributed by atoms with Gasteiger partial charge in [-0.1, -0.05) is 36.4 Å². The molecule has 4 heteroatoms. The fraction of sp³-hybridized carbons (Fsp3) is 0.368. The van der Waals surface area contributed by atoms with Gasteiger partial charge in [-0.15, -0.1) is 0 Å². The Hall–Kier alpha value is -1.88. The van der Waals surface area contributed by atoms with Gasteiger partial charge in [0.15, 0.2) is 0 Å². The van der Waals surface area contributed by atoms with E-state index in [9.17, 15) is 5.21 Å². The van der Waals surface area contributed by atoms with Crippen LogP contribution in [0.4, 0.5) is 11.4 Å². The van der Waals surface area contributed by atoms with Crippen LogP contribution < -0.4 is 4.90 Å². The first-order chi connectivity index (χ1) is 10.5. The van der Waals surface area contributed by atoms with Gasteiger partial charge in [0.1, 0.15) is 0 Å². The zero-order valence-electron chi connectivity index (χ0n) is 14.0. The summed E-state index contributed by atoms with van der Waals surface area (Å²) in [6.45, 7) is 1.53. The molecule has 1 heterocycles. The van der Waals surface area contributed by atoms with Gasteiger partial charge in [-0.3, -0.25) is 0 Å². The second kappa shape index (κ2) is 7.13. The van der Waals surface area contributed by atoms with Crippen molar-refractivity contribution in [3.05, 3.63) is 64.9 Å². The first kappa shape index (κ1) is 17.5. The number of para-hydroxylation sites is 2. The topological polar surface area (TPSA) is 57.8 Å². The van der Waals surface area contributed by atoms with Crippen molar-refractivity contribution in [2.75, 3.05) is 32.1 Å². The quantitative estimate of drug-likeness (QED) is 0.643. The van der Waals surface area contributed by atoms with Crippen molar-refractivity contribution < 1.29 is 10.1 Å². The van der Waals surface area contributed by atoms with Gasteiger partial charge < -0.3 is 20.2 Å². The number of nitrogens with zero attached hydrogens (tertiary/aromatic N) is 2.